The Bertz CT molecular complexity index is 957. The summed E-state index contributed by atoms with van der Waals surface area (Å²) in [7, 11) is 0. The van der Waals surface area contributed by atoms with E-state index in [1.165, 1.54) is 5.69 Å². The lowest BCUT2D eigenvalue weighted by Gasteiger charge is -2.31. The summed E-state index contributed by atoms with van der Waals surface area (Å²) < 4.78 is 0. The maximum Gasteiger partial charge on any atom is 0.255 e. The highest BCUT2D eigenvalue weighted by Crippen LogP contribution is 2.30. The number of para-hydroxylation sites is 1. The van der Waals surface area contributed by atoms with E-state index in [-0.39, 0.29) is 11.9 Å². The summed E-state index contributed by atoms with van der Waals surface area (Å²) in [5.41, 5.74) is 6.50. The van der Waals surface area contributed by atoms with E-state index in [2.05, 4.69) is 59.0 Å². The topological polar surface area (TPSA) is 56.4 Å². The van der Waals surface area contributed by atoms with Gasteiger partial charge >= 0.3 is 0 Å². The molecule has 3 rings (SSSR count). The molecule has 1 aliphatic heterocycles. The molecule has 1 atom stereocenters. The number of thiocarbonyl (C=S) groups is 1. The minimum absolute atomic E-state index is 0.134. The molecule has 0 radical (unpaired) electrons. The lowest BCUT2D eigenvalue weighted by molar-refractivity contribution is -0.113. The van der Waals surface area contributed by atoms with Crippen molar-refractivity contribution in [2.24, 2.45) is 0 Å². The molecule has 158 valence electrons. The van der Waals surface area contributed by atoms with E-state index in [0.717, 1.165) is 41.2 Å². The first-order chi connectivity index (χ1) is 14.3. The first-order valence-electron chi connectivity index (χ1n) is 10.4. The van der Waals surface area contributed by atoms with Gasteiger partial charge in [0.1, 0.15) is 0 Å². The number of anilines is 2. The molecular formula is C24H30N4OS. The highest BCUT2D eigenvalue weighted by molar-refractivity contribution is 7.80. The summed E-state index contributed by atoms with van der Waals surface area (Å²) in [6.07, 6.45) is 0. The molecule has 0 aromatic heterocycles. The summed E-state index contributed by atoms with van der Waals surface area (Å²) in [5, 5.41) is 10.0. The van der Waals surface area contributed by atoms with Crippen LogP contribution in [0.15, 0.2) is 53.7 Å². The summed E-state index contributed by atoms with van der Waals surface area (Å²) in [6, 6.07) is 14.0. The molecule has 3 N–H and O–H groups in total. The average Bonchev–Trinajstić information content (AvgIpc) is 2.71. The zero-order valence-corrected chi connectivity index (χ0v) is 19.1. The van der Waals surface area contributed by atoms with Crippen molar-refractivity contribution in [1.82, 2.24) is 10.6 Å². The van der Waals surface area contributed by atoms with Crippen molar-refractivity contribution in [2.75, 3.05) is 23.3 Å². The Balaban J connectivity index is 1.94. The number of nitrogens with zero attached hydrogens (tertiary/aromatic N) is 1. The van der Waals surface area contributed by atoms with Crippen LogP contribution < -0.4 is 20.9 Å². The van der Waals surface area contributed by atoms with Crippen molar-refractivity contribution in [3.8, 4) is 0 Å². The molecule has 0 spiro atoms. The van der Waals surface area contributed by atoms with Crippen LogP contribution in [0.25, 0.3) is 0 Å². The minimum atomic E-state index is -0.311. The summed E-state index contributed by atoms with van der Waals surface area (Å²) in [5.74, 6) is -0.134. The monoisotopic (exact) mass is 422 g/mol. The van der Waals surface area contributed by atoms with Crippen molar-refractivity contribution < 1.29 is 4.79 Å². The van der Waals surface area contributed by atoms with Crippen LogP contribution in [0.5, 0.6) is 0 Å². The molecule has 0 aliphatic carbocycles. The van der Waals surface area contributed by atoms with Crippen molar-refractivity contribution in [3.05, 3.63) is 70.4 Å². The molecule has 2 aromatic rings. The number of carbonyl (C=O) groups is 1. The number of aryl methyl sites for hydroxylation is 2. The third-order valence-electron chi connectivity index (χ3n) is 5.59. The van der Waals surface area contributed by atoms with Crippen LogP contribution in [0.1, 0.15) is 43.5 Å². The number of hydrogen-bond acceptors (Lipinski definition) is 3. The van der Waals surface area contributed by atoms with Gasteiger partial charge in [-0.1, -0.05) is 30.3 Å². The fourth-order valence-corrected chi connectivity index (χ4v) is 4.17. The van der Waals surface area contributed by atoms with Gasteiger partial charge < -0.3 is 20.9 Å². The Morgan fingerprint density at radius 2 is 1.63 bits per heavy atom. The van der Waals surface area contributed by atoms with Crippen molar-refractivity contribution in [2.45, 2.75) is 40.7 Å². The molecule has 5 nitrogen and oxygen atoms in total. The first kappa shape index (κ1) is 21.8. The highest BCUT2D eigenvalue weighted by Gasteiger charge is 2.30. The van der Waals surface area contributed by atoms with Crippen LogP contribution in [0.2, 0.25) is 0 Å². The smallest absolute Gasteiger partial charge is 0.255 e. The Morgan fingerprint density at radius 1 is 1.03 bits per heavy atom. The van der Waals surface area contributed by atoms with Crippen molar-refractivity contribution >= 4 is 34.6 Å². The Kier molecular flexibility index (Phi) is 6.77. The molecule has 0 bridgehead atoms. The minimum Gasteiger partial charge on any atom is -0.372 e. The van der Waals surface area contributed by atoms with Gasteiger partial charge in [0.15, 0.2) is 5.11 Å². The van der Waals surface area contributed by atoms with Gasteiger partial charge in [-0.05, 0) is 75.7 Å². The fourth-order valence-electron chi connectivity index (χ4n) is 3.90. The standard InChI is InChI=1S/C24H30N4OS/c1-6-28(7-2)19-13-11-18(12-14-19)22-20(17(5)25-24(30)27-22)23(29)26-21-15(3)9-8-10-16(21)4/h8-14,22H,6-7H2,1-5H3,(H,26,29)(H2,25,27,30). The van der Waals surface area contributed by atoms with Gasteiger partial charge in [0.2, 0.25) is 0 Å². The zero-order valence-electron chi connectivity index (χ0n) is 18.3. The van der Waals surface area contributed by atoms with Crippen LogP contribution in [0, 0.1) is 13.8 Å². The molecule has 1 heterocycles. The number of nitrogens with one attached hydrogen (secondary N) is 3. The molecule has 1 aliphatic rings. The third kappa shape index (κ3) is 4.49. The largest absolute Gasteiger partial charge is 0.372 e. The molecule has 0 saturated carbocycles. The van der Waals surface area contributed by atoms with Gasteiger partial charge in [0.25, 0.3) is 5.91 Å². The third-order valence-corrected chi connectivity index (χ3v) is 5.81. The predicted octanol–water partition coefficient (Wildman–Crippen LogP) is 4.58. The van der Waals surface area contributed by atoms with E-state index in [9.17, 15) is 4.79 Å². The van der Waals surface area contributed by atoms with Crippen molar-refractivity contribution in [3.63, 3.8) is 0 Å². The van der Waals surface area contributed by atoms with Crippen LogP contribution in [-0.4, -0.2) is 24.1 Å². The number of carbonyl (C=O) groups excluding carboxylic acids is 1. The molecule has 6 heteroatoms. The van der Waals surface area contributed by atoms with Crippen LogP contribution in [0.4, 0.5) is 11.4 Å². The second-order valence-electron chi connectivity index (χ2n) is 7.55. The second kappa shape index (κ2) is 9.30. The normalized spacial score (nSPS) is 16.0. The van der Waals surface area contributed by atoms with Gasteiger partial charge in [-0.15, -0.1) is 0 Å². The number of hydrogen-bond donors (Lipinski definition) is 3. The SMILES string of the molecule is CCN(CC)c1ccc(C2NC(=S)NC(C)=C2C(=O)Nc2c(C)cccc2C)cc1. The van der Waals surface area contributed by atoms with E-state index in [1.807, 2.05) is 39.0 Å². The van der Waals surface area contributed by atoms with Gasteiger partial charge in [-0.3, -0.25) is 4.79 Å². The Hall–Kier alpha value is -2.86. The fraction of sp³-hybridized carbons (Fsp3) is 0.333. The Labute approximate surface area is 184 Å². The lowest BCUT2D eigenvalue weighted by atomic mass is 9.94. The second-order valence-corrected chi connectivity index (χ2v) is 7.96. The van der Waals surface area contributed by atoms with E-state index in [4.69, 9.17) is 12.2 Å². The Morgan fingerprint density at radius 3 is 2.20 bits per heavy atom. The number of rotatable bonds is 6. The van der Waals surface area contributed by atoms with Gasteiger partial charge in [0, 0.05) is 30.2 Å². The van der Waals surface area contributed by atoms with Crippen LogP contribution in [-0.2, 0) is 4.79 Å². The summed E-state index contributed by atoms with van der Waals surface area (Å²) in [4.78, 5) is 15.6. The van der Waals surface area contributed by atoms with E-state index in [1.54, 1.807) is 0 Å². The van der Waals surface area contributed by atoms with E-state index >= 15 is 0 Å². The predicted molar refractivity (Wildman–Crippen MR) is 129 cm³/mol. The average molecular weight is 423 g/mol. The molecule has 0 saturated heterocycles. The van der Waals surface area contributed by atoms with Crippen LogP contribution >= 0.6 is 12.2 Å². The molecule has 2 aromatic carbocycles. The quantitative estimate of drug-likeness (QED) is 0.595. The van der Waals surface area contributed by atoms with Crippen molar-refractivity contribution in [1.29, 1.82) is 0 Å². The summed E-state index contributed by atoms with van der Waals surface area (Å²) in [6.45, 7) is 12.1. The molecule has 1 unspecified atom stereocenters. The highest BCUT2D eigenvalue weighted by atomic mass is 32.1. The van der Waals surface area contributed by atoms with Crippen LogP contribution in [0.3, 0.4) is 0 Å². The number of benzene rings is 2. The number of amides is 1. The maximum absolute atomic E-state index is 13.3. The first-order valence-corrected chi connectivity index (χ1v) is 10.8. The van der Waals surface area contributed by atoms with Gasteiger partial charge in [0.05, 0.1) is 11.6 Å². The molecule has 0 fully saturated rings. The summed E-state index contributed by atoms with van der Waals surface area (Å²) >= 11 is 5.38. The maximum atomic E-state index is 13.3. The lowest BCUT2D eigenvalue weighted by Crippen LogP contribution is -2.45. The van der Waals surface area contributed by atoms with E-state index < -0.39 is 0 Å². The molecule has 30 heavy (non-hydrogen) atoms. The number of allylic oxidation sites excluding steroid dienone is 1. The zero-order chi connectivity index (χ0) is 21.8. The molecule has 1 amide bonds. The van der Waals surface area contributed by atoms with Gasteiger partial charge in [-0.25, -0.2) is 0 Å². The van der Waals surface area contributed by atoms with E-state index in [0.29, 0.717) is 10.7 Å². The van der Waals surface area contributed by atoms with Gasteiger partial charge in [-0.2, -0.15) is 0 Å². The molecular weight excluding hydrogens is 392 g/mol.